The van der Waals surface area contributed by atoms with Crippen molar-refractivity contribution < 1.29 is 33.1 Å². The van der Waals surface area contributed by atoms with Crippen LogP contribution in [0.4, 0.5) is 9.18 Å². The van der Waals surface area contributed by atoms with E-state index in [0.29, 0.717) is 29.7 Å². The van der Waals surface area contributed by atoms with Crippen molar-refractivity contribution in [3.63, 3.8) is 0 Å². The number of fused-ring (bicyclic) bond motifs is 1. The van der Waals surface area contributed by atoms with Crippen LogP contribution in [0.3, 0.4) is 0 Å². The molecule has 5 rings (SSSR count). The Kier molecular flexibility index (Phi) is 8.64. The van der Waals surface area contributed by atoms with Gasteiger partial charge in [0.15, 0.2) is 6.23 Å². The number of benzene rings is 2. The van der Waals surface area contributed by atoms with Gasteiger partial charge in [0.2, 0.25) is 5.95 Å². The quantitative estimate of drug-likeness (QED) is 0.225. The summed E-state index contributed by atoms with van der Waals surface area (Å²) < 4.78 is 41.6. The summed E-state index contributed by atoms with van der Waals surface area (Å²) in [4.78, 5) is 10.7. The summed E-state index contributed by atoms with van der Waals surface area (Å²) in [6, 6.07) is 13.3. The summed E-state index contributed by atoms with van der Waals surface area (Å²) in [7, 11) is -0.591. The summed E-state index contributed by atoms with van der Waals surface area (Å²) in [6.07, 6.45) is 2.08. The molecule has 224 valence electrons. The van der Waals surface area contributed by atoms with Crippen LogP contribution in [0.25, 0.3) is 16.5 Å². The first-order chi connectivity index (χ1) is 20.0. The van der Waals surface area contributed by atoms with E-state index >= 15 is 4.39 Å². The van der Waals surface area contributed by atoms with Gasteiger partial charge in [0, 0.05) is 6.61 Å². The summed E-state index contributed by atoms with van der Waals surface area (Å²) >= 11 is 0. The van der Waals surface area contributed by atoms with Gasteiger partial charge in [-0.2, -0.15) is 4.39 Å². The molecular weight excluding hydrogens is 540 g/mol. The van der Waals surface area contributed by atoms with E-state index in [4.69, 9.17) is 23.9 Å². The molecule has 2 saturated heterocycles. The van der Waals surface area contributed by atoms with Gasteiger partial charge in [-0.25, -0.2) is 9.48 Å². The van der Waals surface area contributed by atoms with Crippen LogP contribution >= 0.6 is 0 Å². The third-order valence-corrected chi connectivity index (χ3v) is 8.41. The van der Waals surface area contributed by atoms with Crippen LogP contribution in [-0.2, 0) is 14.0 Å². The smallest absolute Gasteiger partial charge is 0.491 e. The Morgan fingerprint density at radius 3 is 2.43 bits per heavy atom. The number of carboxylic acid groups (broad SMARTS) is 1. The van der Waals surface area contributed by atoms with Crippen LogP contribution in [0.15, 0.2) is 47.9 Å². The number of nitrogens with zero attached hydrogens (tertiary/aromatic N) is 2. The molecule has 1 atom stereocenters. The molecule has 2 aromatic carbocycles. The number of amides is 1. The number of ether oxygens (including phenoxy) is 2. The zero-order chi connectivity index (χ0) is 30.1. The molecule has 1 aromatic heterocycles. The zero-order valence-corrected chi connectivity index (χ0v) is 24.9. The predicted octanol–water partition coefficient (Wildman–Crippen LogP) is 6.36. The highest BCUT2D eigenvalue weighted by atomic mass is 19.1. The van der Waals surface area contributed by atoms with Gasteiger partial charge in [0.25, 0.3) is 0 Å². The SMILES string of the molecule is CC/C(B1OC(C)(C)C(C)(C)O1)=C(/c1ccc(OCCNC(=O)O)cc1)c1ccc2c(c1)c(F)nn2C1CCCCO1. The van der Waals surface area contributed by atoms with Gasteiger partial charge in [-0.1, -0.05) is 25.1 Å². The predicted molar refractivity (Wildman–Crippen MR) is 159 cm³/mol. The summed E-state index contributed by atoms with van der Waals surface area (Å²) in [5.74, 6) is 0.0713. The van der Waals surface area contributed by atoms with Gasteiger partial charge in [-0.15, -0.1) is 5.10 Å². The fraction of sp³-hybridized carbons (Fsp3) is 0.484. The highest BCUT2D eigenvalue weighted by molar-refractivity contribution is 6.56. The molecule has 0 saturated carbocycles. The van der Waals surface area contributed by atoms with Crippen LogP contribution in [0, 0.1) is 5.95 Å². The number of nitrogens with one attached hydrogen (secondary N) is 1. The maximum Gasteiger partial charge on any atom is 0.491 e. The molecule has 2 aliphatic heterocycles. The van der Waals surface area contributed by atoms with Crippen molar-refractivity contribution in [1.82, 2.24) is 15.1 Å². The van der Waals surface area contributed by atoms with Gasteiger partial charge in [0.1, 0.15) is 12.4 Å². The van der Waals surface area contributed by atoms with Gasteiger partial charge in [-0.3, -0.25) is 0 Å². The zero-order valence-electron chi connectivity index (χ0n) is 24.9. The minimum atomic E-state index is -1.09. The Bertz CT molecular complexity index is 1450. The lowest BCUT2D eigenvalue weighted by atomic mass is 9.70. The highest BCUT2D eigenvalue weighted by Crippen LogP contribution is 2.42. The molecule has 2 aliphatic rings. The molecule has 0 aliphatic carbocycles. The van der Waals surface area contributed by atoms with E-state index in [9.17, 15) is 4.79 Å². The molecule has 11 heteroatoms. The molecule has 1 amide bonds. The second kappa shape index (κ2) is 12.1. The van der Waals surface area contributed by atoms with Crippen molar-refractivity contribution in [3.05, 3.63) is 65.0 Å². The Morgan fingerprint density at radius 2 is 1.81 bits per heavy atom. The first-order valence-electron chi connectivity index (χ1n) is 14.6. The third kappa shape index (κ3) is 6.04. The van der Waals surface area contributed by atoms with E-state index in [1.165, 1.54) is 0 Å². The van der Waals surface area contributed by atoms with E-state index in [1.54, 1.807) is 4.68 Å². The number of halogens is 1. The molecule has 42 heavy (non-hydrogen) atoms. The maximum atomic E-state index is 15.3. The summed E-state index contributed by atoms with van der Waals surface area (Å²) in [5.41, 5.74) is 3.17. The van der Waals surface area contributed by atoms with Crippen LogP contribution in [0.1, 0.15) is 77.7 Å². The normalized spacial score (nSPS) is 20.4. The van der Waals surface area contributed by atoms with E-state index in [1.807, 2.05) is 70.2 Å². The fourth-order valence-electron chi connectivity index (χ4n) is 5.42. The largest absolute Gasteiger partial charge is 0.492 e. The average molecular weight is 579 g/mol. The lowest BCUT2D eigenvalue weighted by Gasteiger charge is -2.32. The van der Waals surface area contributed by atoms with E-state index < -0.39 is 30.4 Å². The van der Waals surface area contributed by atoms with Crippen LogP contribution in [0.5, 0.6) is 5.75 Å². The van der Waals surface area contributed by atoms with Gasteiger partial charge < -0.3 is 29.2 Å². The Labute approximate surface area is 246 Å². The Morgan fingerprint density at radius 1 is 1.12 bits per heavy atom. The molecule has 0 radical (unpaired) electrons. The molecular formula is C31H39BFN3O6. The first kappa shape index (κ1) is 30.1. The van der Waals surface area contributed by atoms with Crippen LogP contribution in [-0.4, -0.2) is 59.1 Å². The molecule has 0 bridgehead atoms. The molecule has 2 fully saturated rings. The molecule has 3 heterocycles. The van der Waals surface area contributed by atoms with Crippen molar-refractivity contribution >= 4 is 29.7 Å². The van der Waals surface area contributed by atoms with Crippen LogP contribution in [0.2, 0.25) is 0 Å². The number of allylic oxidation sites excluding steroid dienone is 1. The Hall–Kier alpha value is -3.41. The van der Waals surface area contributed by atoms with Gasteiger partial charge in [0.05, 0.1) is 28.6 Å². The standard InChI is InChI=1S/C31H39BFN3O6/c1-6-24(32-41-30(2,3)31(4,5)42-32)27(20-10-13-22(14-11-20)39-18-16-34-29(37)38)21-12-15-25-23(19-21)28(33)35-36(25)26-9-7-8-17-40-26/h10-15,19,26,34H,6-9,16-18H2,1-5H3,(H,37,38)/b27-24+. The van der Waals surface area contributed by atoms with Crippen molar-refractivity contribution in [3.8, 4) is 5.75 Å². The molecule has 3 aromatic rings. The number of carbonyl (C=O) groups is 1. The fourth-order valence-corrected chi connectivity index (χ4v) is 5.42. The Balaban J connectivity index is 1.56. The van der Waals surface area contributed by atoms with E-state index in [0.717, 1.165) is 41.4 Å². The molecule has 9 nitrogen and oxygen atoms in total. The number of rotatable bonds is 9. The average Bonchev–Trinajstić information content (AvgIpc) is 3.40. The topological polar surface area (TPSA) is 104 Å². The molecule has 0 spiro atoms. The number of aromatic nitrogens is 2. The lowest BCUT2D eigenvalue weighted by Crippen LogP contribution is -2.41. The van der Waals surface area contributed by atoms with Gasteiger partial charge in [-0.05, 0) is 99.8 Å². The van der Waals surface area contributed by atoms with Gasteiger partial charge >= 0.3 is 13.2 Å². The van der Waals surface area contributed by atoms with Crippen molar-refractivity contribution in [1.29, 1.82) is 0 Å². The van der Waals surface area contributed by atoms with Crippen molar-refractivity contribution in [2.45, 2.75) is 77.7 Å². The third-order valence-electron chi connectivity index (χ3n) is 8.41. The molecule has 2 N–H and O–H groups in total. The highest BCUT2D eigenvalue weighted by Gasteiger charge is 2.52. The molecule has 1 unspecified atom stereocenters. The second-order valence-electron chi connectivity index (χ2n) is 11.7. The summed E-state index contributed by atoms with van der Waals surface area (Å²) in [5, 5.41) is 15.7. The van der Waals surface area contributed by atoms with Crippen molar-refractivity contribution in [2.24, 2.45) is 0 Å². The minimum Gasteiger partial charge on any atom is -0.492 e. The van der Waals surface area contributed by atoms with E-state index in [2.05, 4.69) is 17.3 Å². The van der Waals surface area contributed by atoms with E-state index in [-0.39, 0.29) is 19.4 Å². The summed E-state index contributed by atoms with van der Waals surface area (Å²) in [6.45, 7) is 11.2. The van der Waals surface area contributed by atoms with Crippen LogP contribution < -0.4 is 10.1 Å². The number of hydrogen-bond donors (Lipinski definition) is 2. The van der Waals surface area contributed by atoms with Crippen molar-refractivity contribution in [2.75, 3.05) is 19.8 Å². The monoisotopic (exact) mass is 579 g/mol. The maximum absolute atomic E-state index is 15.3. The lowest BCUT2D eigenvalue weighted by molar-refractivity contribution is -0.0375. The number of hydrogen-bond acceptors (Lipinski definition) is 6. The second-order valence-corrected chi connectivity index (χ2v) is 11.7. The first-order valence-corrected chi connectivity index (χ1v) is 14.6. The minimum absolute atomic E-state index is 0.176.